The summed E-state index contributed by atoms with van der Waals surface area (Å²) in [5.41, 5.74) is 0.116. The number of nitrogens with one attached hydrogen (secondary N) is 1. The van der Waals surface area contributed by atoms with E-state index in [0.717, 1.165) is 18.9 Å². The number of hydrogen-bond acceptors (Lipinski definition) is 4. The lowest BCUT2D eigenvalue weighted by Gasteiger charge is -2.33. The van der Waals surface area contributed by atoms with Crippen LogP contribution in [0.25, 0.3) is 0 Å². The van der Waals surface area contributed by atoms with Crippen LogP contribution in [-0.4, -0.2) is 24.7 Å². The van der Waals surface area contributed by atoms with Crippen molar-refractivity contribution in [2.45, 2.75) is 19.8 Å². The summed E-state index contributed by atoms with van der Waals surface area (Å²) in [6, 6.07) is 2.34. The van der Waals surface area contributed by atoms with Crippen molar-refractivity contribution in [3.8, 4) is 0 Å². The number of nitro groups is 1. The van der Waals surface area contributed by atoms with Gasteiger partial charge < -0.3 is 10.1 Å². The lowest BCUT2D eigenvalue weighted by Crippen LogP contribution is -2.33. The maximum Gasteiger partial charge on any atom is 0.295 e. The Labute approximate surface area is 124 Å². The Morgan fingerprint density at radius 1 is 1.50 bits per heavy atom. The smallest absolute Gasteiger partial charge is 0.295 e. The van der Waals surface area contributed by atoms with Crippen molar-refractivity contribution in [1.82, 2.24) is 0 Å². The first-order valence-electron chi connectivity index (χ1n) is 6.36. The Morgan fingerprint density at radius 2 is 2.15 bits per heavy atom. The molecule has 0 spiro atoms. The van der Waals surface area contributed by atoms with Crippen molar-refractivity contribution in [3.05, 3.63) is 32.5 Å². The number of anilines is 1. The van der Waals surface area contributed by atoms with Crippen LogP contribution in [0, 0.1) is 21.3 Å². The van der Waals surface area contributed by atoms with Crippen LogP contribution in [0.1, 0.15) is 19.8 Å². The number of halogens is 2. The minimum atomic E-state index is -0.639. The lowest BCUT2D eigenvalue weighted by molar-refractivity contribution is -0.384. The zero-order valence-corrected chi connectivity index (χ0v) is 12.7. The number of ether oxygens (including phenoxy) is 1. The molecule has 5 nitrogen and oxygen atoms in total. The van der Waals surface area contributed by atoms with Crippen LogP contribution < -0.4 is 5.32 Å². The van der Waals surface area contributed by atoms with Gasteiger partial charge in [0.1, 0.15) is 11.5 Å². The number of nitro benzene ring substituents is 1. The molecule has 110 valence electrons. The highest BCUT2D eigenvalue weighted by molar-refractivity contribution is 9.10. The normalized spacial score (nSPS) is 17.8. The summed E-state index contributed by atoms with van der Waals surface area (Å²) in [6.45, 7) is 4.11. The van der Waals surface area contributed by atoms with Gasteiger partial charge in [-0.05, 0) is 40.3 Å². The van der Waals surface area contributed by atoms with Gasteiger partial charge in [-0.2, -0.15) is 0 Å². The average molecular weight is 347 g/mol. The zero-order valence-electron chi connectivity index (χ0n) is 11.1. The van der Waals surface area contributed by atoms with Gasteiger partial charge in [-0.25, -0.2) is 4.39 Å². The molecule has 1 N–H and O–H groups in total. The average Bonchev–Trinajstić information content (AvgIpc) is 2.40. The van der Waals surface area contributed by atoms with Crippen molar-refractivity contribution in [3.63, 3.8) is 0 Å². The van der Waals surface area contributed by atoms with E-state index in [1.807, 2.05) is 0 Å². The van der Waals surface area contributed by atoms with E-state index in [1.165, 1.54) is 6.07 Å². The molecular formula is C13H16BrFN2O3. The summed E-state index contributed by atoms with van der Waals surface area (Å²) in [5, 5.41) is 14.1. The first kappa shape index (κ1) is 15.2. The first-order valence-corrected chi connectivity index (χ1v) is 7.16. The molecule has 0 saturated carbocycles. The molecule has 1 aliphatic rings. The third-order valence-electron chi connectivity index (χ3n) is 3.64. The van der Waals surface area contributed by atoms with Crippen LogP contribution in [0.4, 0.5) is 15.8 Å². The third kappa shape index (κ3) is 3.46. The monoisotopic (exact) mass is 346 g/mol. The third-order valence-corrected chi connectivity index (χ3v) is 4.25. The van der Waals surface area contributed by atoms with Gasteiger partial charge in [0.15, 0.2) is 0 Å². The zero-order chi connectivity index (χ0) is 14.8. The summed E-state index contributed by atoms with van der Waals surface area (Å²) in [7, 11) is 0. The van der Waals surface area contributed by atoms with Crippen LogP contribution in [0.5, 0.6) is 0 Å². The van der Waals surface area contributed by atoms with Crippen LogP contribution >= 0.6 is 15.9 Å². The molecule has 20 heavy (non-hydrogen) atoms. The molecule has 0 amide bonds. The summed E-state index contributed by atoms with van der Waals surface area (Å²) >= 11 is 3.05. The second-order valence-electron chi connectivity index (χ2n) is 5.32. The van der Waals surface area contributed by atoms with Crippen LogP contribution in [0.3, 0.4) is 0 Å². The fourth-order valence-electron chi connectivity index (χ4n) is 2.18. The predicted octanol–water partition coefficient (Wildman–Crippen LogP) is 3.73. The largest absolute Gasteiger partial charge is 0.381 e. The highest BCUT2D eigenvalue weighted by Crippen LogP contribution is 2.34. The van der Waals surface area contributed by atoms with Crippen molar-refractivity contribution >= 4 is 27.3 Å². The topological polar surface area (TPSA) is 64.4 Å². The Balaban J connectivity index is 2.16. The van der Waals surface area contributed by atoms with Gasteiger partial charge in [0.05, 0.1) is 15.5 Å². The molecule has 7 heteroatoms. The molecule has 1 saturated heterocycles. The van der Waals surface area contributed by atoms with Crippen LogP contribution in [0.15, 0.2) is 16.6 Å². The molecule has 1 aromatic carbocycles. The SMILES string of the molecule is CC1(CNc2cc(Br)c(F)cc2[N+](=O)[O-])CCOCC1. The maximum absolute atomic E-state index is 13.4. The van der Waals surface area contributed by atoms with E-state index in [2.05, 4.69) is 28.2 Å². The van der Waals surface area contributed by atoms with E-state index >= 15 is 0 Å². The second-order valence-corrected chi connectivity index (χ2v) is 6.17. The minimum Gasteiger partial charge on any atom is -0.381 e. The van der Waals surface area contributed by atoms with Crippen LogP contribution in [0.2, 0.25) is 0 Å². The predicted molar refractivity (Wildman–Crippen MR) is 77.4 cm³/mol. The van der Waals surface area contributed by atoms with Crippen molar-refractivity contribution < 1.29 is 14.1 Å². The Hall–Kier alpha value is -1.21. The van der Waals surface area contributed by atoms with Crippen molar-refractivity contribution in [2.75, 3.05) is 25.1 Å². The standard InChI is InChI=1S/C13H16BrFN2O3/c1-13(2-4-20-5-3-13)8-16-11-6-9(14)10(15)7-12(11)17(18)19/h6-7,16H,2-5,8H2,1H3. The molecule has 1 aromatic rings. The molecule has 0 atom stereocenters. The Bertz CT molecular complexity index is 519. The van der Waals surface area contributed by atoms with Gasteiger partial charge in [-0.15, -0.1) is 0 Å². The van der Waals surface area contributed by atoms with Crippen molar-refractivity contribution in [2.24, 2.45) is 5.41 Å². The number of nitrogens with zero attached hydrogens (tertiary/aromatic N) is 1. The molecule has 0 aliphatic carbocycles. The first-order chi connectivity index (χ1) is 9.41. The number of rotatable bonds is 4. The van der Waals surface area contributed by atoms with Gasteiger partial charge >= 0.3 is 0 Å². The van der Waals surface area contributed by atoms with Gasteiger partial charge in [0.25, 0.3) is 5.69 Å². The van der Waals surface area contributed by atoms with E-state index in [1.54, 1.807) is 0 Å². The summed E-state index contributed by atoms with van der Waals surface area (Å²) in [6.07, 6.45) is 1.80. The lowest BCUT2D eigenvalue weighted by atomic mass is 9.82. The van der Waals surface area contributed by atoms with Gasteiger partial charge in [0, 0.05) is 19.8 Å². The van der Waals surface area contributed by atoms with Gasteiger partial charge in [-0.1, -0.05) is 6.92 Å². The van der Waals surface area contributed by atoms with Gasteiger partial charge in [0.2, 0.25) is 0 Å². The van der Waals surface area contributed by atoms with E-state index in [-0.39, 0.29) is 15.6 Å². The molecule has 0 bridgehead atoms. The molecule has 0 radical (unpaired) electrons. The fraction of sp³-hybridized carbons (Fsp3) is 0.538. The minimum absolute atomic E-state index is 0.0347. The Morgan fingerprint density at radius 3 is 2.75 bits per heavy atom. The number of benzene rings is 1. The molecular weight excluding hydrogens is 331 g/mol. The van der Waals surface area contributed by atoms with Crippen molar-refractivity contribution in [1.29, 1.82) is 0 Å². The summed E-state index contributed by atoms with van der Waals surface area (Å²) < 4.78 is 18.9. The quantitative estimate of drug-likeness (QED) is 0.666. The molecule has 0 unspecified atom stereocenters. The van der Waals surface area contributed by atoms with E-state index < -0.39 is 10.7 Å². The highest BCUT2D eigenvalue weighted by atomic mass is 79.9. The molecule has 1 fully saturated rings. The second kappa shape index (κ2) is 6.05. The Kier molecular flexibility index (Phi) is 4.59. The maximum atomic E-state index is 13.4. The fourth-order valence-corrected chi connectivity index (χ4v) is 2.52. The molecule has 1 aliphatic heterocycles. The van der Waals surface area contributed by atoms with Gasteiger partial charge in [-0.3, -0.25) is 10.1 Å². The molecule has 2 rings (SSSR count). The van der Waals surface area contributed by atoms with E-state index in [0.29, 0.717) is 25.4 Å². The number of hydrogen-bond donors (Lipinski definition) is 1. The van der Waals surface area contributed by atoms with E-state index in [9.17, 15) is 14.5 Å². The molecule has 0 aromatic heterocycles. The van der Waals surface area contributed by atoms with E-state index in [4.69, 9.17) is 4.74 Å². The summed E-state index contributed by atoms with van der Waals surface area (Å²) in [4.78, 5) is 10.4. The van der Waals surface area contributed by atoms with Crippen LogP contribution in [-0.2, 0) is 4.74 Å². The highest BCUT2D eigenvalue weighted by Gasteiger charge is 2.28. The molecule has 1 heterocycles. The summed E-state index contributed by atoms with van der Waals surface area (Å²) in [5.74, 6) is -0.639.